The van der Waals surface area contributed by atoms with E-state index in [9.17, 15) is 4.79 Å². The lowest BCUT2D eigenvalue weighted by Crippen LogP contribution is -2.19. The molecule has 0 atom stereocenters. The zero-order valence-corrected chi connectivity index (χ0v) is 9.77. The van der Waals surface area contributed by atoms with Crippen molar-refractivity contribution in [3.8, 4) is 0 Å². The zero-order chi connectivity index (χ0) is 12.3. The minimum atomic E-state index is -0.276. The molecule has 0 spiro atoms. The molecule has 1 heterocycles. The van der Waals surface area contributed by atoms with Gasteiger partial charge >= 0.3 is 6.03 Å². The number of aryl methyl sites for hydroxylation is 2. The molecule has 2 aromatic rings. The number of rotatable bonds is 2. The van der Waals surface area contributed by atoms with Crippen molar-refractivity contribution in [1.82, 2.24) is 9.78 Å². The largest absolute Gasteiger partial charge is 0.323 e. The molecule has 5 nitrogen and oxygen atoms in total. The minimum absolute atomic E-state index is 0.276. The Morgan fingerprint density at radius 2 is 1.82 bits per heavy atom. The fourth-order valence-corrected chi connectivity index (χ4v) is 1.42. The highest BCUT2D eigenvalue weighted by molar-refractivity contribution is 5.99. The Morgan fingerprint density at radius 1 is 1.18 bits per heavy atom. The number of urea groups is 1. The molecule has 1 aromatic heterocycles. The van der Waals surface area contributed by atoms with Crippen LogP contribution in [-0.2, 0) is 7.05 Å². The van der Waals surface area contributed by atoms with E-state index in [0.717, 1.165) is 11.3 Å². The van der Waals surface area contributed by atoms with Crippen LogP contribution in [0.25, 0.3) is 0 Å². The Bertz CT molecular complexity index is 516. The summed E-state index contributed by atoms with van der Waals surface area (Å²) in [5.41, 5.74) is 2.58. The molecule has 0 radical (unpaired) electrons. The van der Waals surface area contributed by atoms with E-state index in [1.165, 1.54) is 0 Å². The third-order valence-corrected chi connectivity index (χ3v) is 2.27. The van der Waals surface area contributed by atoms with Crippen LogP contribution in [0.4, 0.5) is 16.2 Å². The van der Waals surface area contributed by atoms with Gasteiger partial charge in [-0.1, -0.05) is 17.7 Å². The molecule has 0 aliphatic rings. The summed E-state index contributed by atoms with van der Waals surface area (Å²) in [6.45, 7) is 2.00. The number of hydrogen-bond acceptors (Lipinski definition) is 2. The number of carbonyl (C=O) groups is 1. The van der Waals surface area contributed by atoms with Gasteiger partial charge in [0.25, 0.3) is 0 Å². The predicted octanol–water partition coefficient (Wildman–Crippen LogP) is 2.37. The molecule has 2 amide bonds. The van der Waals surface area contributed by atoms with Crippen LogP contribution in [0.5, 0.6) is 0 Å². The summed E-state index contributed by atoms with van der Waals surface area (Å²) >= 11 is 0. The van der Waals surface area contributed by atoms with Gasteiger partial charge in [-0.15, -0.1) is 0 Å². The van der Waals surface area contributed by atoms with E-state index in [1.807, 2.05) is 31.2 Å². The molecule has 17 heavy (non-hydrogen) atoms. The van der Waals surface area contributed by atoms with E-state index in [2.05, 4.69) is 15.7 Å². The number of hydrogen-bond donors (Lipinski definition) is 2. The van der Waals surface area contributed by atoms with E-state index < -0.39 is 0 Å². The lowest BCUT2D eigenvalue weighted by molar-refractivity contribution is 0.262. The smallest absolute Gasteiger partial charge is 0.308 e. The second-order valence-corrected chi connectivity index (χ2v) is 3.85. The maximum atomic E-state index is 11.6. The SMILES string of the molecule is Cc1ccc(NC(=O)Nc2cnn(C)c2)cc1. The molecule has 2 rings (SSSR count). The zero-order valence-electron chi connectivity index (χ0n) is 9.77. The fraction of sp³-hybridized carbons (Fsp3) is 0.167. The van der Waals surface area contributed by atoms with Crippen molar-refractivity contribution < 1.29 is 4.79 Å². The molecular weight excluding hydrogens is 216 g/mol. The third kappa shape index (κ3) is 3.07. The molecule has 0 saturated carbocycles. The summed E-state index contributed by atoms with van der Waals surface area (Å²) in [6, 6.07) is 7.33. The van der Waals surface area contributed by atoms with E-state index >= 15 is 0 Å². The summed E-state index contributed by atoms with van der Waals surface area (Å²) in [7, 11) is 1.79. The van der Waals surface area contributed by atoms with Crippen molar-refractivity contribution in [2.45, 2.75) is 6.92 Å². The van der Waals surface area contributed by atoms with Crippen LogP contribution in [0.1, 0.15) is 5.56 Å². The third-order valence-electron chi connectivity index (χ3n) is 2.27. The number of aromatic nitrogens is 2. The van der Waals surface area contributed by atoms with Gasteiger partial charge in [-0.05, 0) is 19.1 Å². The number of nitrogens with zero attached hydrogens (tertiary/aromatic N) is 2. The first-order chi connectivity index (χ1) is 8.13. The van der Waals surface area contributed by atoms with Gasteiger partial charge in [0.15, 0.2) is 0 Å². The molecule has 0 aliphatic carbocycles. The average Bonchev–Trinajstić information content (AvgIpc) is 2.67. The van der Waals surface area contributed by atoms with Gasteiger partial charge in [0, 0.05) is 18.9 Å². The molecule has 0 unspecified atom stereocenters. The van der Waals surface area contributed by atoms with Gasteiger partial charge in [0.05, 0.1) is 11.9 Å². The van der Waals surface area contributed by atoms with Crippen molar-refractivity contribution in [3.63, 3.8) is 0 Å². The minimum Gasteiger partial charge on any atom is -0.308 e. The second-order valence-electron chi connectivity index (χ2n) is 3.85. The van der Waals surface area contributed by atoms with Gasteiger partial charge in [-0.3, -0.25) is 4.68 Å². The van der Waals surface area contributed by atoms with Crippen LogP contribution >= 0.6 is 0 Å². The molecule has 0 saturated heterocycles. The first-order valence-corrected chi connectivity index (χ1v) is 5.27. The first-order valence-electron chi connectivity index (χ1n) is 5.27. The number of nitrogens with one attached hydrogen (secondary N) is 2. The van der Waals surface area contributed by atoms with Gasteiger partial charge in [-0.2, -0.15) is 5.10 Å². The van der Waals surface area contributed by atoms with Crippen LogP contribution in [0.15, 0.2) is 36.7 Å². The fourth-order valence-electron chi connectivity index (χ4n) is 1.42. The Morgan fingerprint density at radius 3 is 2.41 bits per heavy atom. The van der Waals surface area contributed by atoms with Crippen molar-refractivity contribution in [2.24, 2.45) is 7.05 Å². The number of amides is 2. The van der Waals surface area contributed by atoms with Gasteiger partial charge < -0.3 is 10.6 Å². The van der Waals surface area contributed by atoms with Crippen LogP contribution in [0.3, 0.4) is 0 Å². The highest BCUT2D eigenvalue weighted by Crippen LogP contribution is 2.10. The highest BCUT2D eigenvalue weighted by Gasteiger charge is 2.03. The van der Waals surface area contributed by atoms with E-state index in [4.69, 9.17) is 0 Å². The standard InChI is InChI=1S/C12H14N4O/c1-9-3-5-10(6-4-9)14-12(17)15-11-7-13-16(2)8-11/h3-8H,1-2H3,(H2,14,15,17). The summed E-state index contributed by atoms with van der Waals surface area (Å²) in [5.74, 6) is 0. The summed E-state index contributed by atoms with van der Waals surface area (Å²) in [4.78, 5) is 11.6. The monoisotopic (exact) mass is 230 g/mol. The molecule has 2 N–H and O–H groups in total. The van der Waals surface area contributed by atoms with Gasteiger partial charge in [0.2, 0.25) is 0 Å². The summed E-state index contributed by atoms with van der Waals surface area (Å²) in [5, 5.41) is 9.39. The Kier molecular flexibility index (Phi) is 3.09. The summed E-state index contributed by atoms with van der Waals surface area (Å²) < 4.78 is 1.63. The Hall–Kier alpha value is -2.30. The van der Waals surface area contributed by atoms with Crippen molar-refractivity contribution in [2.75, 3.05) is 10.6 Å². The lowest BCUT2D eigenvalue weighted by Gasteiger charge is -2.05. The van der Waals surface area contributed by atoms with Crippen molar-refractivity contribution in [1.29, 1.82) is 0 Å². The predicted molar refractivity (Wildman–Crippen MR) is 67.0 cm³/mol. The number of carbonyl (C=O) groups excluding carboxylic acids is 1. The van der Waals surface area contributed by atoms with Gasteiger partial charge in [-0.25, -0.2) is 4.79 Å². The number of benzene rings is 1. The first kappa shape index (κ1) is 11.2. The summed E-state index contributed by atoms with van der Waals surface area (Å²) in [6.07, 6.45) is 3.32. The van der Waals surface area contributed by atoms with Crippen LogP contribution in [0.2, 0.25) is 0 Å². The Labute approximate surface area is 99.5 Å². The Balaban J connectivity index is 1.95. The topological polar surface area (TPSA) is 59.0 Å². The normalized spacial score (nSPS) is 10.0. The van der Waals surface area contributed by atoms with Gasteiger partial charge in [0.1, 0.15) is 0 Å². The molecular formula is C12H14N4O. The molecule has 0 aliphatic heterocycles. The maximum absolute atomic E-state index is 11.6. The molecule has 5 heteroatoms. The van der Waals surface area contributed by atoms with E-state index in [0.29, 0.717) is 5.69 Å². The average molecular weight is 230 g/mol. The van der Waals surface area contributed by atoms with Crippen molar-refractivity contribution >= 4 is 17.4 Å². The van der Waals surface area contributed by atoms with Crippen LogP contribution in [-0.4, -0.2) is 15.8 Å². The quantitative estimate of drug-likeness (QED) is 0.832. The van der Waals surface area contributed by atoms with E-state index in [1.54, 1.807) is 24.1 Å². The van der Waals surface area contributed by atoms with Crippen LogP contribution in [0, 0.1) is 6.92 Å². The van der Waals surface area contributed by atoms with Crippen LogP contribution < -0.4 is 10.6 Å². The maximum Gasteiger partial charge on any atom is 0.323 e. The molecule has 88 valence electrons. The molecule has 0 bridgehead atoms. The lowest BCUT2D eigenvalue weighted by atomic mass is 10.2. The molecule has 0 fully saturated rings. The molecule has 1 aromatic carbocycles. The van der Waals surface area contributed by atoms with E-state index in [-0.39, 0.29) is 6.03 Å². The highest BCUT2D eigenvalue weighted by atomic mass is 16.2. The second kappa shape index (κ2) is 4.69. The van der Waals surface area contributed by atoms with Crippen molar-refractivity contribution in [3.05, 3.63) is 42.2 Å². The number of anilines is 2.